The summed E-state index contributed by atoms with van der Waals surface area (Å²) in [5, 5.41) is 12.7. The molecular formula is C10H16N2O3S. The second-order valence-corrected chi connectivity index (χ2v) is 4.61. The van der Waals surface area contributed by atoms with E-state index in [-0.39, 0.29) is 0 Å². The zero-order valence-electron chi connectivity index (χ0n) is 9.40. The molecule has 1 unspecified atom stereocenters. The van der Waals surface area contributed by atoms with Crippen LogP contribution in [0.2, 0.25) is 0 Å². The molecule has 0 spiro atoms. The fraction of sp³-hybridized carbons (Fsp3) is 0.600. The molecule has 6 heteroatoms. The van der Waals surface area contributed by atoms with Crippen molar-refractivity contribution in [2.24, 2.45) is 0 Å². The number of aliphatic carboxylic acids is 1. The van der Waals surface area contributed by atoms with Crippen LogP contribution >= 0.6 is 11.8 Å². The lowest BCUT2D eigenvalue weighted by atomic mass is 9.99. The highest BCUT2D eigenvalue weighted by atomic mass is 32.2. The molecule has 1 atom stereocenters. The van der Waals surface area contributed by atoms with Gasteiger partial charge in [0.15, 0.2) is 0 Å². The first-order chi connectivity index (χ1) is 7.58. The molecule has 1 rings (SSSR count). The Morgan fingerprint density at radius 3 is 3.00 bits per heavy atom. The summed E-state index contributed by atoms with van der Waals surface area (Å²) in [7, 11) is 0. The van der Waals surface area contributed by atoms with Crippen molar-refractivity contribution in [2.75, 3.05) is 12.3 Å². The molecule has 0 aliphatic carbocycles. The Balaban J connectivity index is 2.41. The van der Waals surface area contributed by atoms with Gasteiger partial charge in [-0.15, -0.1) is 0 Å². The molecule has 0 saturated heterocycles. The van der Waals surface area contributed by atoms with Crippen LogP contribution in [-0.2, 0) is 4.79 Å². The van der Waals surface area contributed by atoms with Gasteiger partial charge in [-0.2, -0.15) is 0 Å². The van der Waals surface area contributed by atoms with E-state index in [9.17, 15) is 4.79 Å². The quantitative estimate of drug-likeness (QED) is 0.710. The maximum atomic E-state index is 11.1. The van der Waals surface area contributed by atoms with Crippen LogP contribution in [-0.4, -0.2) is 33.9 Å². The van der Waals surface area contributed by atoms with Crippen molar-refractivity contribution in [3.05, 3.63) is 12.5 Å². The third-order valence-corrected chi connectivity index (χ3v) is 3.13. The fourth-order valence-electron chi connectivity index (χ4n) is 1.29. The van der Waals surface area contributed by atoms with E-state index in [1.54, 1.807) is 13.1 Å². The van der Waals surface area contributed by atoms with Crippen molar-refractivity contribution in [1.82, 2.24) is 10.3 Å². The van der Waals surface area contributed by atoms with Crippen LogP contribution in [0, 0.1) is 0 Å². The number of carboxylic acid groups (broad SMARTS) is 1. The number of oxazole rings is 1. The molecule has 16 heavy (non-hydrogen) atoms. The van der Waals surface area contributed by atoms with E-state index in [2.05, 4.69) is 10.3 Å². The van der Waals surface area contributed by atoms with Crippen molar-refractivity contribution in [3.63, 3.8) is 0 Å². The summed E-state index contributed by atoms with van der Waals surface area (Å²) >= 11 is 1.42. The van der Waals surface area contributed by atoms with Gasteiger partial charge in [0, 0.05) is 5.75 Å². The zero-order chi connectivity index (χ0) is 12.0. The molecule has 1 aromatic rings. The fourth-order valence-corrected chi connectivity index (χ4v) is 2.23. The number of aromatic nitrogens is 1. The van der Waals surface area contributed by atoms with Gasteiger partial charge in [-0.25, -0.2) is 4.98 Å². The molecule has 1 aromatic heterocycles. The SMILES string of the molecule is CCNC(C)(CCSc1ncco1)C(=O)O. The number of nitrogens with one attached hydrogen (secondary N) is 1. The predicted octanol–water partition coefficient (Wildman–Crippen LogP) is 1.61. The Labute approximate surface area is 98.6 Å². The molecule has 0 fully saturated rings. The minimum Gasteiger partial charge on any atom is -0.480 e. The van der Waals surface area contributed by atoms with Gasteiger partial charge in [0.2, 0.25) is 0 Å². The molecule has 90 valence electrons. The number of thioether (sulfide) groups is 1. The summed E-state index contributed by atoms with van der Waals surface area (Å²) in [5.41, 5.74) is -0.881. The first-order valence-corrected chi connectivity index (χ1v) is 6.08. The van der Waals surface area contributed by atoms with Gasteiger partial charge in [0.1, 0.15) is 11.8 Å². The van der Waals surface area contributed by atoms with Crippen LogP contribution in [0.1, 0.15) is 20.3 Å². The van der Waals surface area contributed by atoms with Gasteiger partial charge in [0.05, 0.1) is 6.20 Å². The van der Waals surface area contributed by atoms with E-state index in [0.29, 0.717) is 23.9 Å². The summed E-state index contributed by atoms with van der Waals surface area (Å²) in [6, 6.07) is 0. The number of carboxylic acids is 1. The Hall–Kier alpha value is -1.01. The van der Waals surface area contributed by atoms with Crippen molar-refractivity contribution in [2.45, 2.75) is 31.0 Å². The zero-order valence-corrected chi connectivity index (χ0v) is 10.2. The van der Waals surface area contributed by atoms with Crippen LogP contribution in [0.15, 0.2) is 22.1 Å². The van der Waals surface area contributed by atoms with Crippen molar-refractivity contribution < 1.29 is 14.3 Å². The predicted molar refractivity (Wildman–Crippen MR) is 61.6 cm³/mol. The molecule has 0 aromatic carbocycles. The monoisotopic (exact) mass is 244 g/mol. The van der Waals surface area contributed by atoms with Crippen molar-refractivity contribution in [1.29, 1.82) is 0 Å². The smallest absolute Gasteiger partial charge is 0.323 e. The average molecular weight is 244 g/mol. The molecule has 0 aliphatic heterocycles. The largest absolute Gasteiger partial charge is 0.480 e. The second-order valence-electron chi connectivity index (χ2n) is 3.56. The highest BCUT2D eigenvalue weighted by Crippen LogP contribution is 2.20. The summed E-state index contributed by atoms with van der Waals surface area (Å²) < 4.78 is 5.05. The minimum atomic E-state index is -0.881. The summed E-state index contributed by atoms with van der Waals surface area (Å²) in [4.78, 5) is 15.0. The van der Waals surface area contributed by atoms with Crippen LogP contribution in [0.4, 0.5) is 0 Å². The molecule has 0 amide bonds. The topological polar surface area (TPSA) is 75.4 Å². The molecule has 2 N–H and O–H groups in total. The minimum absolute atomic E-state index is 0.517. The van der Waals surface area contributed by atoms with E-state index < -0.39 is 11.5 Å². The summed E-state index contributed by atoms with van der Waals surface area (Å²) in [6.45, 7) is 4.21. The number of likely N-dealkylation sites (N-methyl/N-ethyl adjacent to an activating group) is 1. The molecule has 0 bridgehead atoms. The number of nitrogens with zero attached hydrogens (tertiary/aromatic N) is 1. The number of carbonyl (C=O) groups is 1. The normalized spacial score (nSPS) is 14.6. The van der Waals surface area contributed by atoms with Crippen molar-refractivity contribution in [3.8, 4) is 0 Å². The van der Waals surface area contributed by atoms with Crippen LogP contribution in [0.3, 0.4) is 0 Å². The van der Waals surface area contributed by atoms with Gasteiger partial charge < -0.3 is 14.8 Å². The molecular weight excluding hydrogens is 228 g/mol. The van der Waals surface area contributed by atoms with Gasteiger partial charge in [0.25, 0.3) is 5.22 Å². The van der Waals surface area contributed by atoms with E-state index in [4.69, 9.17) is 9.52 Å². The molecule has 0 radical (unpaired) electrons. The molecule has 0 aliphatic rings. The van der Waals surface area contributed by atoms with Crippen molar-refractivity contribution >= 4 is 17.7 Å². The number of hydrogen-bond acceptors (Lipinski definition) is 5. The lowest BCUT2D eigenvalue weighted by Gasteiger charge is -2.25. The van der Waals surface area contributed by atoms with E-state index in [1.807, 2.05) is 6.92 Å². The van der Waals surface area contributed by atoms with Crippen LogP contribution < -0.4 is 5.32 Å². The first-order valence-electron chi connectivity index (χ1n) is 5.09. The van der Waals surface area contributed by atoms with Gasteiger partial charge >= 0.3 is 5.97 Å². The van der Waals surface area contributed by atoms with Gasteiger partial charge in [-0.05, 0) is 19.9 Å². The Bertz CT molecular complexity index is 329. The summed E-state index contributed by atoms with van der Waals surface area (Å²) in [6.07, 6.45) is 3.59. The lowest BCUT2D eigenvalue weighted by molar-refractivity contribution is -0.144. The Kier molecular flexibility index (Phi) is 4.82. The average Bonchev–Trinajstić information content (AvgIpc) is 2.70. The van der Waals surface area contributed by atoms with Gasteiger partial charge in [-0.3, -0.25) is 4.79 Å². The third-order valence-electron chi connectivity index (χ3n) is 2.28. The summed E-state index contributed by atoms with van der Waals surface area (Å²) in [5.74, 6) is -0.182. The van der Waals surface area contributed by atoms with Crippen LogP contribution in [0.25, 0.3) is 0 Å². The molecule has 1 heterocycles. The highest BCUT2D eigenvalue weighted by Gasteiger charge is 2.31. The highest BCUT2D eigenvalue weighted by molar-refractivity contribution is 7.99. The first kappa shape index (κ1) is 13.1. The second kappa shape index (κ2) is 5.91. The number of hydrogen-bond donors (Lipinski definition) is 2. The van der Waals surface area contributed by atoms with E-state index in [0.717, 1.165) is 0 Å². The lowest BCUT2D eigenvalue weighted by Crippen LogP contribution is -2.49. The van der Waals surface area contributed by atoms with E-state index >= 15 is 0 Å². The standard InChI is InChI=1S/C10H16N2O3S/c1-3-12-10(2,8(13)14)4-7-16-9-11-5-6-15-9/h5-6,12H,3-4,7H2,1-2H3,(H,13,14). The maximum absolute atomic E-state index is 11.1. The van der Waals surface area contributed by atoms with Gasteiger partial charge in [-0.1, -0.05) is 18.7 Å². The maximum Gasteiger partial charge on any atom is 0.323 e. The third kappa shape index (κ3) is 3.53. The Morgan fingerprint density at radius 1 is 1.75 bits per heavy atom. The molecule has 5 nitrogen and oxygen atoms in total. The van der Waals surface area contributed by atoms with Crippen LogP contribution in [0.5, 0.6) is 0 Å². The van der Waals surface area contributed by atoms with E-state index in [1.165, 1.54) is 18.0 Å². The number of rotatable bonds is 7. The molecule has 0 saturated carbocycles. The Morgan fingerprint density at radius 2 is 2.50 bits per heavy atom.